The Bertz CT molecular complexity index is 61.0. The minimum absolute atomic E-state index is 0.603. The predicted octanol–water partition coefficient (Wildman–Crippen LogP) is -0.572. The molecule has 0 unspecified atom stereocenters. The molecule has 0 aliphatic heterocycles. The van der Waals surface area contributed by atoms with Gasteiger partial charge in [0, 0.05) is 6.16 Å². The fourth-order valence-corrected chi connectivity index (χ4v) is 1.05. The van der Waals surface area contributed by atoms with E-state index in [4.69, 9.17) is 17.5 Å². The molecule has 9 heavy (non-hydrogen) atoms. The third kappa shape index (κ3) is 4.72. The van der Waals surface area contributed by atoms with Gasteiger partial charge in [-0.1, -0.05) is 0 Å². The summed E-state index contributed by atoms with van der Waals surface area (Å²) in [5, 5.41) is 0. The van der Waals surface area contributed by atoms with Gasteiger partial charge < -0.3 is 5.73 Å². The predicted molar refractivity (Wildman–Crippen MR) is 36.0 cm³/mol. The summed E-state index contributed by atoms with van der Waals surface area (Å²) in [6, 6.07) is 0. The molecule has 0 aliphatic carbocycles. The maximum Gasteiger partial charge on any atom is 0.212 e. The quantitative estimate of drug-likeness (QED) is 0.363. The van der Waals surface area contributed by atoms with Gasteiger partial charge in [0.15, 0.2) is 0 Å². The van der Waals surface area contributed by atoms with E-state index in [-0.39, 0.29) is 0 Å². The molecule has 56 valence electrons. The molecule has 0 aromatic carbocycles. The standard InChI is InChI=1S/C3H12N3O2P/c4-2-1-3-9(7-5)8-6/h1-6H2. The second-order valence-corrected chi connectivity index (χ2v) is 2.94. The smallest absolute Gasteiger partial charge is 0.212 e. The van der Waals surface area contributed by atoms with Gasteiger partial charge in [0.05, 0.1) is 0 Å². The Labute approximate surface area is 55.3 Å². The minimum Gasteiger partial charge on any atom is -0.330 e. The van der Waals surface area contributed by atoms with E-state index in [1.807, 2.05) is 0 Å². The van der Waals surface area contributed by atoms with Crippen LogP contribution >= 0.6 is 8.38 Å². The first-order chi connectivity index (χ1) is 4.35. The van der Waals surface area contributed by atoms with E-state index in [9.17, 15) is 0 Å². The SMILES string of the molecule is NCCCP(ON)ON. The largest absolute Gasteiger partial charge is 0.330 e. The van der Waals surface area contributed by atoms with Crippen molar-refractivity contribution in [3.05, 3.63) is 0 Å². The van der Waals surface area contributed by atoms with E-state index in [1.54, 1.807) is 0 Å². The molecular weight excluding hydrogens is 141 g/mol. The van der Waals surface area contributed by atoms with Gasteiger partial charge in [-0.3, -0.25) is 9.25 Å². The Balaban J connectivity index is 3.09. The van der Waals surface area contributed by atoms with Gasteiger partial charge in [-0.05, 0) is 13.0 Å². The van der Waals surface area contributed by atoms with Crippen molar-refractivity contribution in [3.8, 4) is 0 Å². The summed E-state index contributed by atoms with van der Waals surface area (Å²) in [5.74, 6) is 9.61. The van der Waals surface area contributed by atoms with E-state index < -0.39 is 8.38 Å². The molecule has 6 heteroatoms. The Morgan fingerprint density at radius 3 is 2.11 bits per heavy atom. The summed E-state index contributed by atoms with van der Waals surface area (Å²) in [6.07, 6.45) is 1.51. The molecule has 6 N–H and O–H groups in total. The van der Waals surface area contributed by atoms with E-state index in [1.165, 1.54) is 0 Å². The average Bonchev–Trinajstić information content (AvgIpc) is 1.91. The monoisotopic (exact) mass is 153 g/mol. The van der Waals surface area contributed by atoms with Crippen LogP contribution < -0.4 is 17.5 Å². The van der Waals surface area contributed by atoms with Gasteiger partial charge in [0.25, 0.3) is 0 Å². The molecule has 0 fully saturated rings. The van der Waals surface area contributed by atoms with Crippen LogP contribution in [0.15, 0.2) is 0 Å². The molecule has 5 nitrogen and oxygen atoms in total. The van der Waals surface area contributed by atoms with Crippen LogP contribution in [0.1, 0.15) is 6.42 Å². The minimum atomic E-state index is -1.09. The van der Waals surface area contributed by atoms with Crippen molar-refractivity contribution in [3.63, 3.8) is 0 Å². The summed E-state index contributed by atoms with van der Waals surface area (Å²) in [6.45, 7) is 0.603. The highest BCUT2D eigenvalue weighted by Gasteiger charge is 2.05. The van der Waals surface area contributed by atoms with Crippen molar-refractivity contribution in [1.82, 2.24) is 0 Å². The van der Waals surface area contributed by atoms with Crippen molar-refractivity contribution >= 4 is 8.38 Å². The van der Waals surface area contributed by atoms with Gasteiger partial charge in [-0.25, -0.2) is 11.8 Å². The zero-order valence-electron chi connectivity index (χ0n) is 5.12. The van der Waals surface area contributed by atoms with Gasteiger partial charge >= 0.3 is 0 Å². The van der Waals surface area contributed by atoms with Crippen LogP contribution in [0.4, 0.5) is 0 Å². The molecule has 0 aliphatic rings. The van der Waals surface area contributed by atoms with Crippen LogP contribution in [0.2, 0.25) is 0 Å². The number of nitrogens with two attached hydrogens (primary N) is 3. The summed E-state index contributed by atoms with van der Waals surface area (Å²) in [7, 11) is -1.09. The van der Waals surface area contributed by atoms with Crippen molar-refractivity contribution in [2.45, 2.75) is 6.42 Å². The number of hydrogen-bond donors (Lipinski definition) is 3. The first-order valence-electron chi connectivity index (χ1n) is 2.56. The molecule has 0 spiro atoms. The molecule has 0 atom stereocenters. The Hall–Kier alpha value is 0.230. The molecule has 0 heterocycles. The first kappa shape index (κ1) is 9.23. The second kappa shape index (κ2) is 6.35. The highest BCUT2D eigenvalue weighted by Crippen LogP contribution is 2.33. The fourth-order valence-electron chi connectivity index (χ4n) is 0.351. The van der Waals surface area contributed by atoms with Crippen LogP contribution in [0.25, 0.3) is 0 Å². The van der Waals surface area contributed by atoms with Crippen molar-refractivity contribution in [2.24, 2.45) is 17.5 Å². The van der Waals surface area contributed by atoms with Gasteiger partial charge in [0.2, 0.25) is 8.38 Å². The van der Waals surface area contributed by atoms with Crippen LogP contribution in [0.3, 0.4) is 0 Å². The van der Waals surface area contributed by atoms with Crippen molar-refractivity contribution in [2.75, 3.05) is 12.7 Å². The Morgan fingerprint density at radius 1 is 1.22 bits per heavy atom. The zero-order chi connectivity index (χ0) is 7.11. The summed E-state index contributed by atoms with van der Waals surface area (Å²) in [5.41, 5.74) is 5.20. The van der Waals surface area contributed by atoms with Crippen molar-refractivity contribution in [1.29, 1.82) is 0 Å². The molecule has 0 saturated carbocycles. The van der Waals surface area contributed by atoms with E-state index in [0.29, 0.717) is 12.7 Å². The van der Waals surface area contributed by atoms with E-state index >= 15 is 0 Å². The summed E-state index contributed by atoms with van der Waals surface area (Å²) >= 11 is 0. The second-order valence-electron chi connectivity index (χ2n) is 1.41. The Kier molecular flexibility index (Phi) is 6.51. The summed E-state index contributed by atoms with van der Waals surface area (Å²) < 4.78 is 8.73. The third-order valence-electron chi connectivity index (χ3n) is 0.780. The normalized spacial score (nSPS) is 10.7. The lowest BCUT2D eigenvalue weighted by molar-refractivity contribution is 0.260. The molecule has 0 radical (unpaired) electrons. The lowest BCUT2D eigenvalue weighted by Crippen LogP contribution is -2.07. The van der Waals surface area contributed by atoms with Crippen molar-refractivity contribution < 1.29 is 9.25 Å². The maximum absolute atomic E-state index is 5.20. The molecule has 0 rings (SSSR count). The van der Waals surface area contributed by atoms with Gasteiger partial charge in [0.1, 0.15) is 0 Å². The van der Waals surface area contributed by atoms with E-state index in [2.05, 4.69) is 9.25 Å². The molecular formula is C3H12N3O2P. The average molecular weight is 153 g/mol. The lowest BCUT2D eigenvalue weighted by atomic mass is 10.5. The number of rotatable bonds is 5. The van der Waals surface area contributed by atoms with Gasteiger partial charge in [-0.2, -0.15) is 0 Å². The van der Waals surface area contributed by atoms with E-state index in [0.717, 1.165) is 6.42 Å². The van der Waals surface area contributed by atoms with Crippen LogP contribution in [-0.4, -0.2) is 12.7 Å². The number of hydrogen-bond acceptors (Lipinski definition) is 5. The molecule has 0 aromatic rings. The third-order valence-corrected chi connectivity index (χ3v) is 1.93. The summed E-state index contributed by atoms with van der Waals surface area (Å²) in [4.78, 5) is 0. The molecule has 0 aromatic heterocycles. The van der Waals surface area contributed by atoms with Crippen LogP contribution in [-0.2, 0) is 9.25 Å². The lowest BCUT2D eigenvalue weighted by Gasteiger charge is -2.07. The Morgan fingerprint density at radius 2 is 1.78 bits per heavy atom. The molecule has 0 saturated heterocycles. The fraction of sp³-hybridized carbons (Fsp3) is 1.00. The topological polar surface area (TPSA) is 96.5 Å². The van der Waals surface area contributed by atoms with Crippen LogP contribution in [0, 0.1) is 0 Å². The highest BCUT2D eigenvalue weighted by atomic mass is 31.2. The van der Waals surface area contributed by atoms with Crippen LogP contribution in [0.5, 0.6) is 0 Å². The first-order valence-corrected chi connectivity index (χ1v) is 3.92. The molecule has 0 amide bonds. The maximum atomic E-state index is 5.20. The zero-order valence-corrected chi connectivity index (χ0v) is 6.01. The molecule has 0 bridgehead atoms. The highest BCUT2D eigenvalue weighted by molar-refractivity contribution is 7.47. The van der Waals surface area contributed by atoms with Gasteiger partial charge in [-0.15, -0.1) is 0 Å².